The van der Waals surface area contributed by atoms with Gasteiger partial charge in [-0.05, 0) is 46.9 Å². The molecular weight excluding hydrogens is 353 g/mol. The molecule has 0 fully saturated rings. The van der Waals surface area contributed by atoms with Crippen molar-refractivity contribution in [3.8, 4) is 0 Å². The van der Waals surface area contributed by atoms with E-state index >= 15 is 0 Å². The zero-order valence-electron chi connectivity index (χ0n) is 9.68. The summed E-state index contributed by atoms with van der Waals surface area (Å²) in [5, 5.41) is 0. The van der Waals surface area contributed by atoms with Crippen LogP contribution in [0.15, 0.2) is 24.3 Å². The Kier molecular flexibility index (Phi) is 4.93. The third kappa shape index (κ3) is 5.03. The molecule has 0 aliphatic carbocycles. The maximum Gasteiger partial charge on any atom is 0.253 e. The Morgan fingerprint density at radius 3 is 2.29 bits per heavy atom. The van der Waals surface area contributed by atoms with Gasteiger partial charge in [0.1, 0.15) is 9.84 Å². The smallest absolute Gasteiger partial charge is 0.253 e. The Labute approximate surface area is 115 Å². The lowest BCUT2D eigenvalue weighted by Crippen LogP contribution is -2.31. The summed E-state index contributed by atoms with van der Waals surface area (Å²) in [6.45, 7) is 0.212. The molecule has 1 aromatic carbocycles. The summed E-state index contributed by atoms with van der Waals surface area (Å²) in [4.78, 5) is 13.3. The molecule has 0 aliphatic rings. The van der Waals surface area contributed by atoms with Crippen molar-refractivity contribution in [2.45, 2.75) is 0 Å². The van der Waals surface area contributed by atoms with Gasteiger partial charge in [-0.2, -0.15) is 0 Å². The van der Waals surface area contributed by atoms with Crippen molar-refractivity contribution in [1.29, 1.82) is 0 Å². The van der Waals surface area contributed by atoms with Gasteiger partial charge in [-0.15, -0.1) is 0 Å². The lowest BCUT2D eigenvalue weighted by molar-refractivity contribution is 0.0803. The van der Waals surface area contributed by atoms with E-state index in [0.29, 0.717) is 5.56 Å². The van der Waals surface area contributed by atoms with Crippen LogP contribution in [0.4, 0.5) is 0 Å². The van der Waals surface area contributed by atoms with Gasteiger partial charge in [0.2, 0.25) is 0 Å². The molecule has 0 aliphatic heterocycles. The molecule has 4 nitrogen and oxygen atoms in total. The van der Waals surface area contributed by atoms with Gasteiger partial charge in [-0.3, -0.25) is 4.79 Å². The highest BCUT2D eigenvalue weighted by atomic mass is 127. The first-order valence-electron chi connectivity index (χ1n) is 4.98. The first-order valence-corrected chi connectivity index (χ1v) is 8.12. The molecule has 0 spiro atoms. The number of sulfone groups is 1. The minimum absolute atomic E-state index is 0.0143. The lowest BCUT2D eigenvalue weighted by atomic mass is 10.2. The number of amides is 1. The quantitative estimate of drug-likeness (QED) is 0.757. The normalized spacial score (nSPS) is 11.2. The molecule has 0 aromatic heterocycles. The SMILES string of the molecule is CN(CCS(C)(=O)=O)C(=O)c1ccc(I)cc1. The van der Waals surface area contributed by atoms with Crippen molar-refractivity contribution in [2.24, 2.45) is 0 Å². The van der Waals surface area contributed by atoms with Crippen molar-refractivity contribution in [3.63, 3.8) is 0 Å². The fourth-order valence-electron chi connectivity index (χ4n) is 1.22. The summed E-state index contributed by atoms with van der Waals surface area (Å²) in [5.41, 5.74) is 0.571. The zero-order chi connectivity index (χ0) is 13.1. The highest BCUT2D eigenvalue weighted by molar-refractivity contribution is 14.1. The number of rotatable bonds is 4. The highest BCUT2D eigenvalue weighted by Gasteiger charge is 2.13. The number of benzene rings is 1. The van der Waals surface area contributed by atoms with E-state index in [0.717, 1.165) is 9.83 Å². The van der Waals surface area contributed by atoms with Gasteiger partial charge in [0.05, 0.1) is 5.75 Å². The van der Waals surface area contributed by atoms with E-state index < -0.39 is 9.84 Å². The van der Waals surface area contributed by atoms with E-state index in [1.54, 1.807) is 19.2 Å². The van der Waals surface area contributed by atoms with E-state index in [4.69, 9.17) is 0 Å². The molecule has 0 N–H and O–H groups in total. The highest BCUT2D eigenvalue weighted by Crippen LogP contribution is 2.08. The molecule has 1 amide bonds. The molecule has 0 heterocycles. The summed E-state index contributed by atoms with van der Waals surface area (Å²) in [6, 6.07) is 7.17. The number of carbonyl (C=O) groups excluding carboxylic acids is 1. The van der Waals surface area contributed by atoms with Crippen molar-refractivity contribution in [3.05, 3.63) is 33.4 Å². The lowest BCUT2D eigenvalue weighted by Gasteiger charge is -2.16. The van der Waals surface area contributed by atoms with Crippen LogP contribution in [0, 0.1) is 3.57 Å². The molecule has 0 saturated heterocycles. The van der Waals surface area contributed by atoms with E-state index in [1.165, 1.54) is 4.90 Å². The fourth-order valence-corrected chi connectivity index (χ4v) is 2.18. The predicted octanol–water partition coefficient (Wildman–Crippen LogP) is 1.41. The van der Waals surface area contributed by atoms with Crippen LogP contribution in [0.3, 0.4) is 0 Å². The van der Waals surface area contributed by atoms with Crippen LogP contribution in [0.5, 0.6) is 0 Å². The third-order valence-electron chi connectivity index (χ3n) is 2.24. The summed E-state index contributed by atoms with van der Waals surface area (Å²) in [6.07, 6.45) is 1.16. The standard InChI is InChI=1S/C11H14INO3S/c1-13(7-8-17(2,15)16)11(14)9-3-5-10(12)6-4-9/h3-6H,7-8H2,1-2H3. The maximum absolute atomic E-state index is 11.9. The van der Waals surface area contributed by atoms with Gasteiger partial charge in [-0.25, -0.2) is 8.42 Å². The number of halogens is 1. The summed E-state index contributed by atoms with van der Waals surface area (Å²) in [7, 11) is -1.43. The van der Waals surface area contributed by atoms with Gasteiger partial charge in [0.25, 0.3) is 5.91 Å². The van der Waals surface area contributed by atoms with Crippen molar-refractivity contribution in [1.82, 2.24) is 4.90 Å². The van der Waals surface area contributed by atoms with Gasteiger partial charge in [0.15, 0.2) is 0 Å². The molecule has 6 heteroatoms. The second-order valence-corrected chi connectivity index (χ2v) is 7.37. The molecule has 0 bridgehead atoms. The molecular formula is C11H14INO3S. The summed E-state index contributed by atoms with van der Waals surface area (Å²) >= 11 is 2.16. The largest absolute Gasteiger partial charge is 0.341 e. The summed E-state index contributed by atoms with van der Waals surface area (Å²) in [5.74, 6) is -0.176. The molecule has 94 valence electrons. The molecule has 0 radical (unpaired) electrons. The number of hydrogen-bond donors (Lipinski definition) is 0. The van der Waals surface area contributed by atoms with Gasteiger partial charge >= 0.3 is 0 Å². The zero-order valence-corrected chi connectivity index (χ0v) is 12.7. The van der Waals surface area contributed by atoms with Crippen molar-refractivity contribution < 1.29 is 13.2 Å². The summed E-state index contributed by atoms with van der Waals surface area (Å²) < 4.78 is 23.1. The van der Waals surface area contributed by atoms with E-state index in [2.05, 4.69) is 22.6 Å². The molecule has 1 aromatic rings. The predicted molar refractivity (Wildman–Crippen MR) is 75.8 cm³/mol. The fraction of sp³-hybridized carbons (Fsp3) is 0.364. The van der Waals surface area contributed by atoms with Crippen LogP contribution in [0.2, 0.25) is 0 Å². The van der Waals surface area contributed by atoms with Crippen LogP contribution in [-0.2, 0) is 9.84 Å². The van der Waals surface area contributed by atoms with Crippen LogP contribution in [0.25, 0.3) is 0 Å². The molecule has 0 saturated carbocycles. The average molecular weight is 367 g/mol. The molecule has 17 heavy (non-hydrogen) atoms. The number of hydrogen-bond acceptors (Lipinski definition) is 3. The minimum Gasteiger partial charge on any atom is -0.341 e. The molecule has 0 atom stereocenters. The monoisotopic (exact) mass is 367 g/mol. The first-order chi connectivity index (χ1) is 7.79. The molecule has 0 unspecified atom stereocenters. The van der Waals surface area contributed by atoms with Crippen LogP contribution >= 0.6 is 22.6 Å². The van der Waals surface area contributed by atoms with Gasteiger partial charge < -0.3 is 4.90 Å². The Morgan fingerprint density at radius 2 is 1.82 bits per heavy atom. The van der Waals surface area contributed by atoms with E-state index in [9.17, 15) is 13.2 Å². The third-order valence-corrected chi connectivity index (χ3v) is 3.88. The minimum atomic E-state index is -3.04. The Balaban J connectivity index is 2.67. The maximum atomic E-state index is 11.9. The topological polar surface area (TPSA) is 54.5 Å². The van der Waals surface area contributed by atoms with Crippen LogP contribution < -0.4 is 0 Å². The average Bonchev–Trinajstić information content (AvgIpc) is 2.25. The molecule has 1 rings (SSSR count). The van der Waals surface area contributed by atoms with Crippen molar-refractivity contribution in [2.75, 3.05) is 25.6 Å². The van der Waals surface area contributed by atoms with Crippen molar-refractivity contribution >= 4 is 38.3 Å². The van der Waals surface area contributed by atoms with Crippen LogP contribution in [-0.4, -0.2) is 44.8 Å². The van der Waals surface area contributed by atoms with Crippen LogP contribution in [0.1, 0.15) is 10.4 Å². The van der Waals surface area contributed by atoms with E-state index in [-0.39, 0.29) is 18.2 Å². The second-order valence-electron chi connectivity index (χ2n) is 3.86. The Morgan fingerprint density at radius 1 is 1.29 bits per heavy atom. The first kappa shape index (κ1) is 14.4. The van der Waals surface area contributed by atoms with E-state index in [1.807, 2.05) is 12.1 Å². The van der Waals surface area contributed by atoms with Gasteiger partial charge in [-0.1, -0.05) is 0 Å². The number of carbonyl (C=O) groups is 1. The Bertz CT molecular complexity index is 496. The second kappa shape index (κ2) is 5.81. The number of nitrogens with zero attached hydrogens (tertiary/aromatic N) is 1. The Hall–Kier alpha value is -0.630. The van der Waals surface area contributed by atoms with Gasteiger partial charge in [0, 0.05) is 29.0 Å².